The SMILES string of the molecule is C1=C(c2ccc(-c3ccc4c(ccc5cc(-c6ccc7c(c6)C6(c8ccccc8-c8ccccc86)c6ccccc6-7)ccc54)c3)cc2)c2ccccc2NC1c1ccccn1. The molecule has 13 rings (SSSR count). The second kappa shape index (κ2) is 13.1. The number of pyridine rings is 1. The number of para-hydroxylation sites is 1. The Morgan fingerprint density at radius 3 is 1.49 bits per heavy atom. The van der Waals surface area contributed by atoms with Crippen LogP contribution in [-0.4, -0.2) is 4.98 Å². The van der Waals surface area contributed by atoms with Crippen LogP contribution in [0.25, 0.3) is 71.6 Å². The molecular formula is C59H38N2. The van der Waals surface area contributed by atoms with Crippen LogP contribution >= 0.6 is 0 Å². The number of anilines is 1. The molecule has 1 unspecified atom stereocenters. The molecule has 1 spiro atoms. The summed E-state index contributed by atoms with van der Waals surface area (Å²) in [5.41, 5.74) is 21.1. The van der Waals surface area contributed by atoms with Crippen LogP contribution in [0.1, 0.15) is 45.1 Å². The zero-order valence-electron chi connectivity index (χ0n) is 33.3. The summed E-state index contributed by atoms with van der Waals surface area (Å²) in [5, 5.41) is 8.70. The van der Waals surface area contributed by atoms with Crippen molar-refractivity contribution in [3.8, 4) is 44.5 Å². The van der Waals surface area contributed by atoms with E-state index in [0.717, 1.165) is 11.4 Å². The number of benzene rings is 9. The van der Waals surface area contributed by atoms with Crippen molar-refractivity contribution < 1.29 is 0 Å². The Morgan fingerprint density at radius 2 is 0.869 bits per heavy atom. The van der Waals surface area contributed by atoms with E-state index in [4.69, 9.17) is 0 Å². The second-order valence-corrected chi connectivity index (χ2v) is 16.7. The van der Waals surface area contributed by atoms with Gasteiger partial charge in [0, 0.05) is 17.4 Å². The zero-order chi connectivity index (χ0) is 40.1. The lowest BCUT2D eigenvalue weighted by molar-refractivity contribution is 0.794. The number of nitrogens with zero attached hydrogens (tertiary/aromatic N) is 1. The van der Waals surface area contributed by atoms with Crippen LogP contribution in [0.3, 0.4) is 0 Å². The minimum Gasteiger partial charge on any atom is -0.373 e. The van der Waals surface area contributed by atoms with Crippen molar-refractivity contribution in [1.29, 1.82) is 0 Å². The van der Waals surface area contributed by atoms with E-state index in [1.54, 1.807) is 0 Å². The lowest BCUT2D eigenvalue weighted by Gasteiger charge is -2.30. The van der Waals surface area contributed by atoms with E-state index in [1.165, 1.54) is 105 Å². The van der Waals surface area contributed by atoms with Gasteiger partial charge in [0.15, 0.2) is 0 Å². The molecule has 2 aliphatic carbocycles. The molecule has 0 bridgehead atoms. The van der Waals surface area contributed by atoms with Gasteiger partial charge >= 0.3 is 0 Å². The van der Waals surface area contributed by atoms with Gasteiger partial charge in [0.05, 0.1) is 17.2 Å². The first-order chi connectivity index (χ1) is 30.2. The quantitative estimate of drug-likeness (QED) is 0.180. The molecule has 1 N–H and O–H groups in total. The standard InChI is InChI=1S/C59H38N2/c1-5-15-52-46(11-1)47-12-2-6-16-53(47)59(52)54-17-7-3-13-48(54)49-31-28-41(35-55(49)59)40-27-30-45-43(34-40)25-24-42-33-39(26-29-44(42)45)37-20-22-38(23-21-37)51-36-58(57-19-9-10-32-60-57)61-56-18-8-4-14-50(51)56/h1-36,58,61H. The van der Waals surface area contributed by atoms with Crippen LogP contribution in [0.4, 0.5) is 5.69 Å². The Kier molecular flexibility index (Phi) is 7.32. The Morgan fingerprint density at radius 1 is 0.377 bits per heavy atom. The van der Waals surface area contributed by atoms with E-state index in [1.807, 2.05) is 18.3 Å². The number of aromatic nitrogens is 1. The van der Waals surface area contributed by atoms with E-state index in [2.05, 4.69) is 211 Å². The van der Waals surface area contributed by atoms with Crippen molar-refractivity contribution in [1.82, 2.24) is 4.98 Å². The lowest BCUT2D eigenvalue weighted by atomic mass is 9.70. The van der Waals surface area contributed by atoms with Crippen LogP contribution in [0, 0.1) is 0 Å². The van der Waals surface area contributed by atoms with Gasteiger partial charge in [-0.25, -0.2) is 0 Å². The first kappa shape index (κ1) is 34.1. The molecule has 0 saturated heterocycles. The number of hydrogen-bond donors (Lipinski definition) is 1. The summed E-state index contributed by atoms with van der Waals surface area (Å²) in [6, 6.07) is 76.4. The van der Waals surface area contributed by atoms with Gasteiger partial charge in [0.1, 0.15) is 0 Å². The van der Waals surface area contributed by atoms with Crippen LogP contribution in [0.5, 0.6) is 0 Å². The van der Waals surface area contributed by atoms with Crippen LogP contribution in [-0.2, 0) is 5.41 Å². The molecule has 3 aliphatic rings. The molecule has 1 atom stereocenters. The predicted molar refractivity (Wildman–Crippen MR) is 253 cm³/mol. The summed E-state index contributed by atoms with van der Waals surface area (Å²) in [5.74, 6) is 0. The molecule has 284 valence electrons. The Hall–Kier alpha value is -7.81. The fourth-order valence-corrected chi connectivity index (χ4v) is 10.8. The van der Waals surface area contributed by atoms with E-state index >= 15 is 0 Å². The van der Waals surface area contributed by atoms with Gasteiger partial charge < -0.3 is 5.32 Å². The maximum Gasteiger partial charge on any atom is 0.0879 e. The van der Waals surface area contributed by atoms with Gasteiger partial charge in [-0.05, 0) is 142 Å². The predicted octanol–water partition coefficient (Wildman–Crippen LogP) is 14.7. The van der Waals surface area contributed by atoms with Crippen molar-refractivity contribution in [2.45, 2.75) is 11.5 Å². The molecule has 10 aromatic rings. The highest BCUT2D eigenvalue weighted by Gasteiger charge is 2.51. The van der Waals surface area contributed by atoms with Gasteiger partial charge in [-0.15, -0.1) is 0 Å². The third-order valence-electron chi connectivity index (χ3n) is 13.6. The minimum atomic E-state index is -0.348. The van der Waals surface area contributed by atoms with Crippen LogP contribution in [0.15, 0.2) is 219 Å². The van der Waals surface area contributed by atoms with Gasteiger partial charge in [-0.1, -0.05) is 170 Å². The van der Waals surface area contributed by atoms with Gasteiger partial charge in [0.2, 0.25) is 0 Å². The van der Waals surface area contributed by atoms with Crippen molar-refractivity contribution in [2.75, 3.05) is 5.32 Å². The molecule has 1 aromatic heterocycles. The van der Waals surface area contributed by atoms with Gasteiger partial charge in [-0.3, -0.25) is 4.98 Å². The number of nitrogens with one attached hydrogen (secondary N) is 1. The van der Waals surface area contributed by atoms with Crippen molar-refractivity contribution >= 4 is 32.8 Å². The fraction of sp³-hybridized carbons (Fsp3) is 0.0339. The zero-order valence-corrected chi connectivity index (χ0v) is 33.3. The van der Waals surface area contributed by atoms with Crippen molar-refractivity contribution in [2.24, 2.45) is 0 Å². The molecule has 2 heterocycles. The van der Waals surface area contributed by atoms with Crippen LogP contribution in [0.2, 0.25) is 0 Å². The molecule has 0 amide bonds. The van der Waals surface area contributed by atoms with E-state index < -0.39 is 0 Å². The summed E-state index contributed by atoms with van der Waals surface area (Å²) < 4.78 is 0. The van der Waals surface area contributed by atoms with Crippen molar-refractivity contribution in [3.63, 3.8) is 0 Å². The average Bonchev–Trinajstić information content (AvgIpc) is 3.81. The first-order valence-corrected chi connectivity index (χ1v) is 21.2. The minimum absolute atomic E-state index is 0.00352. The maximum absolute atomic E-state index is 4.65. The number of fused-ring (bicyclic) bond motifs is 14. The molecule has 0 radical (unpaired) electrons. The Labute approximate surface area is 355 Å². The monoisotopic (exact) mass is 774 g/mol. The molecule has 2 nitrogen and oxygen atoms in total. The van der Waals surface area contributed by atoms with Gasteiger partial charge in [0.25, 0.3) is 0 Å². The third kappa shape index (κ3) is 5.00. The maximum atomic E-state index is 4.65. The summed E-state index contributed by atoms with van der Waals surface area (Å²) >= 11 is 0. The van der Waals surface area contributed by atoms with Crippen molar-refractivity contribution in [3.05, 3.63) is 258 Å². The lowest BCUT2D eigenvalue weighted by Crippen LogP contribution is -2.25. The molecule has 2 heteroatoms. The smallest absolute Gasteiger partial charge is 0.0879 e. The largest absolute Gasteiger partial charge is 0.373 e. The Balaban J connectivity index is 0.852. The van der Waals surface area contributed by atoms with Crippen LogP contribution < -0.4 is 5.32 Å². The van der Waals surface area contributed by atoms with E-state index in [-0.39, 0.29) is 11.5 Å². The highest BCUT2D eigenvalue weighted by molar-refractivity contribution is 6.09. The van der Waals surface area contributed by atoms with Gasteiger partial charge in [-0.2, -0.15) is 0 Å². The molecule has 1 aliphatic heterocycles. The fourth-order valence-electron chi connectivity index (χ4n) is 10.8. The van der Waals surface area contributed by atoms with E-state index in [0.29, 0.717) is 0 Å². The third-order valence-corrected chi connectivity index (χ3v) is 13.6. The summed E-state index contributed by atoms with van der Waals surface area (Å²) in [7, 11) is 0. The van der Waals surface area contributed by atoms with E-state index in [9.17, 15) is 0 Å². The highest BCUT2D eigenvalue weighted by atomic mass is 15.0. The topological polar surface area (TPSA) is 24.9 Å². The molecule has 0 fully saturated rings. The number of rotatable bonds is 4. The summed E-state index contributed by atoms with van der Waals surface area (Å²) in [4.78, 5) is 4.65. The highest BCUT2D eigenvalue weighted by Crippen LogP contribution is 2.63. The molecular weight excluding hydrogens is 737 g/mol. The molecule has 9 aromatic carbocycles. The summed E-state index contributed by atoms with van der Waals surface area (Å²) in [6.45, 7) is 0. The normalized spacial score (nSPS) is 15.1. The molecule has 0 saturated carbocycles. The summed E-state index contributed by atoms with van der Waals surface area (Å²) in [6.07, 6.45) is 4.17. The second-order valence-electron chi connectivity index (χ2n) is 16.7. The number of hydrogen-bond acceptors (Lipinski definition) is 2. The first-order valence-electron chi connectivity index (χ1n) is 21.2. The molecule has 61 heavy (non-hydrogen) atoms. The Bertz CT molecular complexity index is 3390. The average molecular weight is 775 g/mol.